The Morgan fingerprint density at radius 2 is 1.68 bits per heavy atom. The lowest BCUT2D eigenvalue weighted by Gasteiger charge is -2.63. The molecule has 1 saturated heterocycles. The maximum Gasteiger partial charge on any atom is 0.253 e. The van der Waals surface area contributed by atoms with E-state index in [4.69, 9.17) is 14.2 Å². The molecule has 2 aromatic rings. The first-order valence-corrected chi connectivity index (χ1v) is 21.7. The number of rotatable bonds is 14. The van der Waals surface area contributed by atoms with Gasteiger partial charge in [-0.3, -0.25) is 38.5 Å². The van der Waals surface area contributed by atoms with Gasteiger partial charge in [0, 0.05) is 71.5 Å². The average Bonchev–Trinajstić information content (AvgIpc) is 3.89. The third-order valence-corrected chi connectivity index (χ3v) is 14.7. The Hall–Kier alpha value is -5.75. The highest BCUT2D eigenvalue weighted by molar-refractivity contribution is 6.13. The van der Waals surface area contributed by atoms with Gasteiger partial charge in [0.1, 0.15) is 24.3 Å². The van der Waals surface area contributed by atoms with E-state index in [1.807, 2.05) is 0 Å². The van der Waals surface area contributed by atoms with Crippen LogP contribution in [0.4, 0.5) is 14.5 Å². The third-order valence-electron chi connectivity index (χ3n) is 14.7. The van der Waals surface area contributed by atoms with Crippen LogP contribution in [-0.4, -0.2) is 105 Å². The number of aliphatic hydroxyl groups excluding tert-OH is 2. The number of amides is 4. The number of Topliss-reactive ketones (excluding diaryl/α,β-unsaturated/α-hetero) is 2. The molecule has 2 aliphatic heterocycles. The molecule has 12 atom stereocenters. The zero-order valence-corrected chi connectivity index (χ0v) is 36.3. The molecule has 0 aromatic heterocycles. The fourth-order valence-corrected chi connectivity index (χ4v) is 11.3. The minimum atomic E-state index is -2.37. The van der Waals surface area contributed by atoms with Gasteiger partial charge in [-0.1, -0.05) is 38.1 Å². The Bertz CT molecular complexity index is 2420. The molecule has 15 nitrogen and oxygen atoms in total. The Balaban J connectivity index is 0.887. The van der Waals surface area contributed by atoms with Crippen molar-refractivity contribution in [3.8, 4) is 11.5 Å². The van der Waals surface area contributed by atoms with Gasteiger partial charge in [-0.15, -0.1) is 0 Å². The highest BCUT2D eigenvalue weighted by Crippen LogP contribution is 2.72. The number of allylic oxidation sites excluding steroid dienone is 4. The predicted octanol–water partition coefficient (Wildman–Crippen LogP) is 4.48. The number of alkyl halides is 2. The average molecular weight is 900 g/mol. The Morgan fingerprint density at radius 3 is 2.37 bits per heavy atom. The van der Waals surface area contributed by atoms with Gasteiger partial charge in [0.05, 0.1) is 18.2 Å². The van der Waals surface area contributed by atoms with Crippen molar-refractivity contribution >= 4 is 46.7 Å². The van der Waals surface area contributed by atoms with Crippen molar-refractivity contribution in [2.24, 2.45) is 28.6 Å². The summed E-state index contributed by atoms with van der Waals surface area (Å²) in [5, 5.41) is 27.4. The van der Waals surface area contributed by atoms with E-state index < -0.39 is 112 Å². The number of aliphatic hydroxyl groups is 2. The van der Waals surface area contributed by atoms with Crippen LogP contribution in [0.2, 0.25) is 0 Å². The normalized spacial score (nSPS) is 34.2. The Labute approximate surface area is 373 Å². The number of hydrogen-bond donors (Lipinski definition) is 4. The smallest absolute Gasteiger partial charge is 0.253 e. The molecule has 8 rings (SSSR count). The SMILES string of the molecule is C[C@H](CC(=O)[C@H](C)NC(=O)CCN1C(=O)C=CC1=O)C(=O)Nc1cccc(Oc2ccc(C3OC4C[C@H]5[C@@H]6C[C@H](F)C7=CC(=O)C=C[C@]7(C)[C@@]6(F)[C@@H](O)C[C@]5(C)[C@]4(C(=O)CO)O3)cc2)c1. The van der Waals surface area contributed by atoms with Crippen LogP contribution >= 0.6 is 0 Å². The van der Waals surface area contributed by atoms with E-state index >= 15 is 8.78 Å². The first-order chi connectivity index (χ1) is 30.7. The minimum absolute atomic E-state index is 0.0110. The lowest BCUT2D eigenvalue weighted by molar-refractivity contribution is -0.235. The zero-order valence-electron chi connectivity index (χ0n) is 36.3. The summed E-state index contributed by atoms with van der Waals surface area (Å²) < 4.78 is 52.8. The molecule has 6 aliphatic rings. The number of carbonyl (C=O) groups excluding carboxylic acids is 7. The van der Waals surface area contributed by atoms with E-state index in [2.05, 4.69) is 10.6 Å². The first kappa shape index (κ1) is 45.8. The van der Waals surface area contributed by atoms with Crippen LogP contribution in [-0.2, 0) is 43.0 Å². The predicted molar refractivity (Wildman–Crippen MR) is 226 cm³/mol. The first-order valence-electron chi connectivity index (χ1n) is 21.7. The summed E-state index contributed by atoms with van der Waals surface area (Å²) in [5.74, 6) is -5.31. The molecule has 4 amide bonds. The van der Waals surface area contributed by atoms with Crippen molar-refractivity contribution in [3.63, 3.8) is 0 Å². The van der Waals surface area contributed by atoms with E-state index in [-0.39, 0.29) is 50.0 Å². The summed E-state index contributed by atoms with van der Waals surface area (Å²) in [6.07, 6.45) is -0.318. The van der Waals surface area contributed by atoms with Crippen LogP contribution in [0.1, 0.15) is 71.7 Å². The van der Waals surface area contributed by atoms with Gasteiger partial charge >= 0.3 is 0 Å². The maximum atomic E-state index is 17.7. The number of anilines is 1. The van der Waals surface area contributed by atoms with Gasteiger partial charge in [0.15, 0.2) is 34.9 Å². The molecule has 0 bridgehead atoms. The molecule has 2 heterocycles. The van der Waals surface area contributed by atoms with Gasteiger partial charge in [-0.25, -0.2) is 8.78 Å². The number of ether oxygens (including phenoxy) is 3. The summed E-state index contributed by atoms with van der Waals surface area (Å²) in [6, 6.07) is 12.3. The molecule has 0 spiro atoms. The lowest BCUT2D eigenvalue weighted by atomic mass is 9.44. The summed E-state index contributed by atoms with van der Waals surface area (Å²) in [4.78, 5) is 88.8. The standard InChI is InChI=1S/C48H51F2N3O12/c1-25(18-36(56)26(2)51-40(59)15-17-53-41(60)12-13-42(53)61)43(62)52-28-6-5-7-31(19-28)63-30-10-8-27(9-11-30)44-64-39-22-32-33-21-35(49)34-20-29(55)14-16-45(34,3)47(33,50)37(57)23-46(32,4)48(39,65-44)38(58)24-54/h5-14,16,19-20,25-26,32-33,35,37,39,44,54,57H,15,17-18,21-24H2,1-4H3,(H,51,59)(H,52,62)/t25-,26+,32+,33+,35+,37+,39?,44?,45+,46+,47+,48-/m1/s1. The number of hydrogen-bond acceptors (Lipinski definition) is 12. The zero-order chi connectivity index (χ0) is 46.8. The third kappa shape index (κ3) is 7.55. The highest BCUT2D eigenvalue weighted by Gasteiger charge is 2.80. The topological polar surface area (TPSA) is 215 Å². The van der Waals surface area contributed by atoms with E-state index in [1.54, 1.807) is 62.4 Å². The second kappa shape index (κ2) is 16.9. The van der Waals surface area contributed by atoms with Crippen LogP contribution in [0.15, 0.2) is 84.5 Å². The van der Waals surface area contributed by atoms with Crippen LogP contribution in [0.5, 0.6) is 11.5 Å². The molecule has 65 heavy (non-hydrogen) atoms. The van der Waals surface area contributed by atoms with Crippen molar-refractivity contribution in [2.75, 3.05) is 18.5 Å². The second-order valence-electron chi connectivity index (χ2n) is 18.4. The van der Waals surface area contributed by atoms with Crippen molar-refractivity contribution in [1.82, 2.24) is 10.2 Å². The van der Waals surface area contributed by atoms with Gasteiger partial charge in [0.25, 0.3) is 11.8 Å². The highest BCUT2D eigenvalue weighted by atomic mass is 19.1. The molecule has 4 fully saturated rings. The quantitative estimate of drug-likeness (QED) is 0.193. The van der Waals surface area contributed by atoms with Crippen molar-refractivity contribution in [3.05, 3.63) is 90.0 Å². The van der Waals surface area contributed by atoms with Crippen LogP contribution < -0.4 is 15.4 Å². The van der Waals surface area contributed by atoms with Crippen LogP contribution in [0.25, 0.3) is 0 Å². The number of carbonyl (C=O) groups is 7. The number of imide groups is 1. The van der Waals surface area contributed by atoms with Gasteiger partial charge in [-0.05, 0) is 81.0 Å². The number of ketones is 3. The van der Waals surface area contributed by atoms with Gasteiger partial charge < -0.3 is 35.1 Å². The van der Waals surface area contributed by atoms with Crippen LogP contribution in [0.3, 0.4) is 0 Å². The molecule has 2 aromatic carbocycles. The van der Waals surface area contributed by atoms with Gasteiger partial charge in [-0.2, -0.15) is 0 Å². The molecular weight excluding hydrogens is 849 g/mol. The number of nitrogens with zero attached hydrogens (tertiary/aromatic N) is 1. The second-order valence-corrected chi connectivity index (χ2v) is 18.4. The summed E-state index contributed by atoms with van der Waals surface area (Å²) in [7, 11) is 0. The molecule has 0 radical (unpaired) electrons. The fourth-order valence-electron chi connectivity index (χ4n) is 11.3. The fraction of sp³-hybridized carbons (Fsp3) is 0.479. The van der Waals surface area contributed by atoms with E-state index in [0.29, 0.717) is 22.7 Å². The largest absolute Gasteiger partial charge is 0.457 e. The summed E-state index contributed by atoms with van der Waals surface area (Å²) >= 11 is 0. The Kier molecular flexibility index (Phi) is 11.9. The van der Waals surface area contributed by atoms with Crippen molar-refractivity contribution < 1.29 is 66.8 Å². The number of halogens is 2. The molecule has 17 heteroatoms. The summed E-state index contributed by atoms with van der Waals surface area (Å²) in [5.41, 5.74) is -6.16. The molecule has 4 N–H and O–H groups in total. The molecule has 2 unspecified atom stereocenters. The molecule has 3 saturated carbocycles. The number of fused-ring (bicyclic) bond motifs is 7. The molecule has 344 valence electrons. The van der Waals surface area contributed by atoms with Crippen LogP contribution in [0, 0.1) is 28.6 Å². The monoisotopic (exact) mass is 899 g/mol. The van der Waals surface area contributed by atoms with Crippen molar-refractivity contribution in [2.45, 2.75) is 102 Å². The van der Waals surface area contributed by atoms with Gasteiger partial charge in [0.2, 0.25) is 11.8 Å². The number of nitrogens with one attached hydrogen (secondary N) is 2. The summed E-state index contributed by atoms with van der Waals surface area (Å²) in [6.45, 7) is 5.24. The number of benzene rings is 2. The lowest BCUT2D eigenvalue weighted by Crippen LogP contribution is -2.70. The minimum Gasteiger partial charge on any atom is -0.457 e. The molecular formula is C48H51F2N3O12. The maximum absolute atomic E-state index is 17.7. The van der Waals surface area contributed by atoms with E-state index in [9.17, 15) is 43.8 Å². The molecule has 4 aliphatic carbocycles. The van der Waals surface area contributed by atoms with E-state index in [1.165, 1.54) is 26.0 Å². The van der Waals surface area contributed by atoms with Crippen molar-refractivity contribution in [1.29, 1.82) is 0 Å². The Morgan fingerprint density at radius 1 is 0.969 bits per heavy atom. The van der Waals surface area contributed by atoms with E-state index in [0.717, 1.165) is 23.1 Å².